The van der Waals surface area contributed by atoms with Crippen molar-refractivity contribution >= 4 is 11.8 Å². The van der Waals surface area contributed by atoms with E-state index in [1.54, 1.807) is 12.1 Å². The first kappa shape index (κ1) is 20.0. The maximum absolute atomic E-state index is 12.9. The lowest BCUT2D eigenvalue weighted by atomic mass is 9.96. The number of benzene rings is 1. The predicted molar refractivity (Wildman–Crippen MR) is 95.4 cm³/mol. The monoisotopic (exact) mass is 394 g/mol. The quantitative estimate of drug-likeness (QED) is 0.859. The fourth-order valence-corrected chi connectivity index (χ4v) is 3.29. The molecule has 1 unspecified atom stereocenters. The standard InChI is InChI=1S/C20H21F3N2O3/c1-13-7-8-17(28-13)11-24-18(26)15-5-3-9-25(12-15)19(27)14-4-2-6-16(10-14)20(21,22)23/h2,4,6-8,10,15H,3,5,9,11-12H2,1H3,(H,24,26). The number of carbonyl (C=O) groups excluding carboxylic acids is 2. The number of nitrogens with one attached hydrogen (secondary N) is 1. The third-order valence-corrected chi connectivity index (χ3v) is 4.75. The molecular weight excluding hydrogens is 373 g/mol. The number of nitrogens with zero attached hydrogens (tertiary/aromatic N) is 1. The Labute approximate surface area is 160 Å². The van der Waals surface area contributed by atoms with Gasteiger partial charge < -0.3 is 14.6 Å². The second-order valence-corrected chi connectivity index (χ2v) is 6.90. The summed E-state index contributed by atoms with van der Waals surface area (Å²) in [6.45, 7) is 2.66. The molecule has 8 heteroatoms. The number of amides is 2. The first-order valence-corrected chi connectivity index (χ1v) is 9.03. The van der Waals surface area contributed by atoms with Gasteiger partial charge in [-0.25, -0.2) is 0 Å². The largest absolute Gasteiger partial charge is 0.465 e. The summed E-state index contributed by atoms with van der Waals surface area (Å²) in [5, 5.41) is 2.79. The van der Waals surface area contributed by atoms with Crippen LogP contribution in [-0.2, 0) is 17.5 Å². The number of rotatable bonds is 4. The van der Waals surface area contributed by atoms with Gasteiger partial charge >= 0.3 is 6.18 Å². The molecule has 3 rings (SSSR count). The van der Waals surface area contributed by atoms with Crippen LogP contribution in [0.2, 0.25) is 0 Å². The fourth-order valence-electron chi connectivity index (χ4n) is 3.29. The number of piperidine rings is 1. The van der Waals surface area contributed by atoms with Crippen LogP contribution in [0.5, 0.6) is 0 Å². The number of likely N-dealkylation sites (tertiary alicyclic amines) is 1. The summed E-state index contributed by atoms with van der Waals surface area (Å²) in [7, 11) is 0. The minimum Gasteiger partial charge on any atom is -0.465 e. The first-order chi connectivity index (χ1) is 13.2. The second kappa shape index (κ2) is 8.08. The molecule has 1 aromatic carbocycles. The van der Waals surface area contributed by atoms with E-state index >= 15 is 0 Å². The number of alkyl halides is 3. The molecular formula is C20H21F3N2O3. The van der Waals surface area contributed by atoms with Crippen molar-refractivity contribution in [2.24, 2.45) is 5.92 Å². The van der Waals surface area contributed by atoms with E-state index in [1.165, 1.54) is 17.0 Å². The van der Waals surface area contributed by atoms with Crippen molar-refractivity contribution in [2.45, 2.75) is 32.5 Å². The topological polar surface area (TPSA) is 62.6 Å². The number of hydrogen-bond acceptors (Lipinski definition) is 3. The van der Waals surface area contributed by atoms with Gasteiger partial charge in [-0.15, -0.1) is 0 Å². The van der Waals surface area contributed by atoms with Crippen LogP contribution >= 0.6 is 0 Å². The van der Waals surface area contributed by atoms with Crippen LogP contribution in [0.4, 0.5) is 13.2 Å². The Balaban J connectivity index is 1.62. The molecule has 1 aliphatic heterocycles. The van der Waals surface area contributed by atoms with Crippen molar-refractivity contribution in [1.29, 1.82) is 0 Å². The summed E-state index contributed by atoms with van der Waals surface area (Å²) in [6, 6.07) is 7.94. The average molecular weight is 394 g/mol. The van der Waals surface area contributed by atoms with E-state index in [9.17, 15) is 22.8 Å². The van der Waals surface area contributed by atoms with Gasteiger partial charge in [0.1, 0.15) is 11.5 Å². The molecule has 2 aromatic rings. The minimum absolute atomic E-state index is 0.0260. The molecule has 0 aliphatic carbocycles. The second-order valence-electron chi connectivity index (χ2n) is 6.90. The summed E-state index contributed by atoms with van der Waals surface area (Å²) < 4.78 is 44.1. The summed E-state index contributed by atoms with van der Waals surface area (Å²) in [5.74, 6) is 0.291. The summed E-state index contributed by atoms with van der Waals surface area (Å²) in [4.78, 5) is 26.5. The van der Waals surface area contributed by atoms with Crippen LogP contribution in [0.15, 0.2) is 40.8 Å². The van der Waals surface area contributed by atoms with Crippen molar-refractivity contribution < 1.29 is 27.2 Å². The molecule has 1 atom stereocenters. The van der Waals surface area contributed by atoms with Crippen LogP contribution in [-0.4, -0.2) is 29.8 Å². The van der Waals surface area contributed by atoms with Crippen LogP contribution < -0.4 is 5.32 Å². The zero-order valence-corrected chi connectivity index (χ0v) is 15.4. The van der Waals surface area contributed by atoms with Crippen LogP contribution in [0, 0.1) is 12.8 Å². The van der Waals surface area contributed by atoms with Gasteiger partial charge in [-0.05, 0) is 50.1 Å². The number of hydrogen-bond donors (Lipinski definition) is 1. The van der Waals surface area contributed by atoms with Crippen LogP contribution in [0.1, 0.15) is 40.3 Å². The Bertz CT molecular complexity index is 860. The average Bonchev–Trinajstić information content (AvgIpc) is 3.10. The van der Waals surface area contributed by atoms with Crippen LogP contribution in [0.3, 0.4) is 0 Å². The van der Waals surface area contributed by atoms with Gasteiger partial charge in [-0.1, -0.05) is 6.07 Å². The van der Waals surface area contributed by atoms with E-state index in [0.29, 0.717) is 25.1 Å². The number of carbonyl (C=O) groups is 2. The highest BCUT2D eigenvalue weighted by molar-refractivity contribution is 5.95. The highest BCUT2D eigenvalue weighted by atomic mass is 19.4. The lowest BCUT2D eigenvalue weighted by Crippen LogP contribution is -2.45. The normalized spacial score (nSPS) is 17.4. The molecule has 150 valence electrons. The number of furan rings is 1. The fraction of sp³-hybridized carbons (Fsp3) is 0.400. The summed E-state index contributed by atoms with van der Waals surface area (Å²) in [6.07, 6.45) is -3.27. The van der Waals surface area contributed by atoms with Gasteiger partial charge in [0, 0.05) is 18.7 Å². The lowest BCUT2D eigenvalue weighted by Gasteiger charge is -2.32. The Morgan fingerprint density at radius 3 is 2.71 bits per heavy atom. The van der Waals surface area contributed by atoms with E-state index in [-0.39, 0.29) is 24.6 Å². The van der Waals surface area contributed by atoms with Gasteiger partial charge in [0.25, 0.3) is 5.91 Å². The first-order valence-electron chi connectivity index (χ1n) is 9.03. The third kappa shape index (κ3) is 4.74. The van der Waals surface area contributed by atoms with E-state index in [4.69, 9.17) is 4.42 Å². The third-order valence-electron chi connectivity index (χ3n) is 4.75. The summed E-state index contributed by atoms with van der Waals surface area (Å²) >= 11 is 0. The maximum Gasteiger partial charge on any atom is 0.416 e. The highest BCUT2D eigenvalue weighted by Crippen LogP contribution is 2.30. The van der Waals surface area contributed by atoms with E-state index in [2.05, 4.69) is 5.32 Å². The number of aryl methyl sites for hydroxylation is 1. The van der Waals surface area contributed by atoms with Crippen molar-refractivity contribution in [2.75, 3.05) is 13.1 Å². The van der Waals surface area contributed by atoms with Gasteiger partial charge in [0.05, 0.1) is 18.0 Å². The molecule has 1 aliphatic rings. The minimum atomic E-state index is -4.51. The van der Waals surface area contributed by atoms with Crippen molar-refractivity contribution in [1.82, 2.24) is 10.2 Å². The SMILES string of the molecule is Cc1ccc(CNC(=O)C2CCCN(C(=O)c3cccc(C(F)(F)F)c3)C2)o1. The number of halogens is 3. The molecule has 28 heavy (non-hydrogen) atoms. The van der Waals surface area contributed by atoms with E-state index < -0.39 is 23.6 Å². The van der Waals surface area contributed by atoms with Crippen molar-refractivity contribution in [3.63, 3.8) is 0 Å². The highest BCUT2D eigenvalue weighted by Gasteiger charge is 2.33. The molecule has 1 fully saturated rings. The van der Waals surface area contributed by atoms with Crippen molar-refractivity contribution in [3.8, 4) is 0 Å². The van der Waals surface area contributed by atoms with Gasteiger partial charge in [-0.2, -0.15) is 13.2 Å². The molecule has 1 aromatic heterocycles. The molecule has 2 amide bonds. The molecule has 0 radical (unpaired) electrons. The zero-order chi connectivity index (χ0) is 20.3. The Hall–Kier alpha value is -2.77. The molecule has 0 spiro atoms. The van der Waals surface area contributed by atoms with Gasteiger partial charge in [0.2, 0.25) is 5.91 Å². The molecule has 5 nitrogen and oxygen atoms in total. The molecule has 0 saturated carbocycles. The van der Waals surface area contributed by atoms with E-state index in [1.807, 2.05) is 6.92 Å². The zero-order valence-electron chi connectivity index (χ0n) is 15.4. The molecule has 1 saturated heterocycles. The molecule has 2 heterocycles. The van der Waals surface area contributed by atoms with E-state index in [0.717, 1.165) is 17.9 Å². The Morgan fingerprint density at radius 1 is 1.25 bits per heavy atom. The molecule has 0 bridgehead atoms. The van der Waals surface area contributed by atoms with Crippen LogP contribution in [0.25, 0.3) is 0 Å². The van der Waals surface area contributed by atoms with Crippen molar-refractivity contribution in [3.05, 3.63) is 59.0 Å². The Kier molecular flexibility index (Phi) is 5.76. The molecule has 1 N–H and O–H groups in total. The predicted octanol–water partition coefficient (Wildman–Crippen LogP) is 3.78. The maximum atomic E-state index is 12.9. The van der Waals surface area contributed by atoms with Gasteiger partial charge in [0.15, 0.2) is 0 Å². The summed E-state index contributed by atoms with van der Waals surface area (Å²) in [5.41, 5.74) is -0.889. The van der Waals surface area contributed by atoms with Gasteiger partial charge in [-0.3, -0.25) is 9.59 Å². The lowest BCUT2D eigenvalue weighted by molar-refractivity contribution is -0.137. The smallest absolute Gasteiger partial charge is 0.416 e. The Morgan fingerprint density at radius 2 is 2.04 bits per heavy atom.